The van der Waals surface area contributed by atoms with E-state index in [0.29, 0.717) is 6.04 Å². The predicted octanol–water partition coefficient (Wildman–Crippen LogP) is 3.86. The minimum absolute atomic E-state index is 0.655. The van der Waals surface area contributed by atoms with E-state index in [-0.39, 0.29) is 0 Å². The van der Waals surface area contributed by atoms with Gasteiger partial charge in [0.05, 0.1) is 0 Å². The minimum Gasteiger partial charge on any atom is -0.382 e. The second kappa shape index (κ2) is 3.82. The second-order valence-electron chi connectivity index (χ2n) is 4.38. The summed E-state index contributed by atoms with van der Waals surface area (Å²) >= 11 is 5.95. The van der Waals surface area contributed by atoms with Crippen LogP contribution < -0.4 is 5.32 Å². The zero-order chi connectivity index (χ0) is 10.1. The summed E-state index contributed by atoms with van der Waals surface area (Å²) in [5.41, 5.74) is 2.46. The Kier molecular flexibility index (Phi) is 2.69. The maximum absolute atomic E-state index is 5.95. The zero-order valence-corrected chi connectivity index (χ0v) is 9.43. The fraction of sp³-hybridized carbons (Fsp3) is 0.500. The first-order valence-corrected chi connectivity index (χ1v) is 5.55. The molecule has 2 rings (SSSR count). The van der Waals surface area contributed by atoms with Crippen LogP contribution in [0.1, 0.15) is 25.3 Å². The van der Waals surface area contributed by atoms with Gasteiger partial charge in [-0.25, -0.2) is 0 Å². The van der Waals surface area contributed by atoms with Gasteiger partial charge in [-0.2, -0.15) is 0 Å². The van der Waals surface area contributed by atoms with Gasteiger partial charge in [-0.3, -0.25) is 0 Å². The molecule has 14 heavy (non-hydrogen) atoms. The van der Waals surface area contributed by atoms with Gasteiger partial charge in [0, 0.05) is 16.8 Å². The Hall–Kier alpha value is -0.690. The molecule has 1 aromatic carbocycles. The maximum atomic E-state index is 5.95. The van der Waals surface area contributed by atoms with Gasteiger partial charge < -0.3 is 5.32 Å². The first-order chi connectivity index (χ1) is 6.65. The molecule has 1 aliphatic carbocycles. The lowest BCUT2D eigenvalue weighted by atomic mass is 9.82. The van der Waals surface area contributed by atoms with Crippen LogP contribution in [-0.2, 0) is 0 Å². The lowest BCUT2D eigenvalue weighted by molar-refractivity contribution is 0.309. The molecule has 0 amide bonds. The highest BCUT2D eigenvalue weighted by atomic mass is 35.5. The fourth-order valence-corrected chi connectivity index (χ4v) is 2.16. The molecule has 1 saturated carbocycles. The lowest BCUT2D eigenvalue weighted by Crippen LogP contribution is -2.33. The van der Waals surface area contributed by atoms with Crippen molar-refractivity contribution in [3.05, 3.63) is 28.8 Å². The van der Waals surface area contributed by atoms with E-state index in [4.69, 9.17) is 11.6 Å². The van der Waals surface area contributed by atoms with Gasteiger partial charge in [0.2, 0.25) is 0 Å². The fourth-order valence-electron chi connectivity index (χ4n) is 1.99. The molecular weight excluding hydrogens is 194 g/mol. The van der Waals surface area contributed by atoms with Crippen molar-refractivity contribution < 1.29 is 0 Å². The Morgan fingerprint density at radius 2 is 2.07 bits per heavy atom. The molecule has 1 fully saturated rings. The number of nitrogens with one attached hydrogen (secondary N) is 1. The Morgan fingerprint density at radius 1 is 1.36 bits per heavy atom. The van der Waals surface area contributed by atoms with Gasteiger partial charge in [0.25, 0.3) is 0 Å². The van der Waals surface area contributed by atoms with Crippen molar-refractivity contribution in [3.8, 4) is 0 Å². The first-order valence-electron chi connectivity index (χ1n) is 5.18. The molecule has 2 heteroatoms. The van der Waals surface area contributed by atoms with Crippen LogP contribution in [0.3, 0.4) is 0 Å². The summed E-state index contributed by atoms with van der Waals surface area (Å²) in [5.74, 6) is 0.881. The molecule has 0 unspecified atom stereocenters. The Labute approximate surface area is 90.5 Å². The average molecular weight is 210 g/mol. The smallest absolute Gasteiger partial charge is 0.0426 e. The van der Waals surface area contributed by atoms with Crippen molar-refractivity contribution in [1.29, 1.82) is 0 Å². The molecule has 0 aliphatic heterocycles. The minimum atomic E-state index is 0.655. The molecule has 1 nitrogen and oxygen atoms in total. The highest BCUT2D eigenvalue weighted by molar-refractivity contribution is 6.30. The Bertz CT molecular complexity index is 329. The molecule has 0 heterocycles. The average Bonchev–Trinajstić information content (AvgIpc) is 2.09. The van der Waals surface area contributed by atoms with E-state index in [9.17, 15) is 0 Å². The van der Waals surface area contributed by atoms with Crippen LogP contribution in [0.25, 0.3) is 0 Å². The number of rotatable bonds is 2. The van der Waals surface area contributed by atoms with Gasteiger partial charge in [-0.15, -0.1) is 0 Å². The summed E-state index contributed by atoms with van der Waals surface area (Å²) in [6.07, 6.45) is 2.57. The predicted molar refractivity (Wildman–Crippen MR) is 62.0 cm³/mol. The maximum Gasteiger partial charge on any atom is 0.0426 e. The summed E-state index contributed by atoms with van der Waals surface area (Å²) in [7, 11) is 0. The van der Waals surface area contributed by atoms with Crippen molar-refractivity contribution in [3.63, 3.8) is 0 Å². The van der Waals surface area contributed by atoms with Crippen molar-refractivity contribution in [2.75, 3.05) is 5.32 Å². The molecular formula is C12H16ClN. The van der Waals surface area contributed by atoms with E-state index in [1.807, 2.05) is 12.1 Å². The number of halogens is 1. The second-order valence-corrected chi connectivity index (χ2v) is 4.81. The third-order valence-corrected chi connectivity index (χ3v) is 3.17. The highest BCUT2D eigenvalue weighted by Gasteiger charge is 2.25. The van der Waals surface area contributed by atoms with Crippen LogP contribution in [0.2, 0.25) is 5.02 Å². The summed E-state index contributed by atoms with van der Waals surface area (Å²) in [6, 6.07) is 6.67. The molecule has 76 valence electrons. The number of anilines is 1. The van der Waals surface area contributed by atoms with Gasteiger partial charge in [-0.05, 0) is 43.4 Å². The van der Waals surface area contributed by atoms with E-state index >= 15 is 0 Å². The van der Waals surface area contributed by atoms with Crippen LogP contribution in [0.4, 0.5) is 5.69 Å². The van der Waals surface area contributed by atoms with Crippen molar-refractivity contribution >= 4 is 17.3 Å². The van der Waals surface area contributed by atoms with Crippen molar-refractivity contribution in [2.45, 2.75) is 32.7 Å². The van der Waals surface area contributed by atoms with Crippen LogP contribution >= 0.6 is 11.6 Å². The first kappa shape index (κ1) is 9.85. The van der Waals surface area contributed by atoms with Gasteiger partial charge in [-0.1, -0.05) is 24.6 Å². The monoisotopic (exact) mass is 209 g/mol. The third-order valence-electron chi connectivity index (χ3n) is 2.93. The van der Waals surface area contributed by atoms with Crippen molar-refractivity contribution in [1.82, 2.24) is 0 Å². The van der Waals surface area contributed by atoms with Gasteiger partial charge in [0.15, 0.2) is 0 Å². The zero-order valence-electron chi connectivity index (χ0n) is 8.68. The van der Waals surface area contributed by atoms with E-state index in [0.717, 1.165) is 10.9 Å². The largest absolute Gasteiger partial charge is 0.382 e. The van der Waals surface area contributed by atoms with E-state index in [2.05, 4.69) is 25.2 Å². The van der Waals surface area contributed by atoms with Crippen molar-refractivity contribution in [2.24, 2.45) is 5.92 Å². The number of hydrogen-bond donors (Lipinski definition) is 1. The Morgan fingerprint density at radius 3 is 2.71 bits per heavy atom. The lowest BCUT2D eigenvalue weighted by Gasteiger charge is -2.34. The normalized spacial score (nSPS) is 25.6. The standard InChI is InChI=1S/C12H16ClN/c1-8-5-11(6-8)14-12-7-10(13)4-3-9(12)2/h3-4,7-8,11,14H,5-6H2,1-2H3. The van der Waals surface area contributed by atoms with Crippen LogP contribution in [-0.4, -0.2) is 6.04 Å². The number of hydrogen-bond acceptors (Lipinski definition) is 1. The van der Waals surface area contributed by atoms with E-state index in [1.54, 1.807) is 0 Å². The van der Waals surface area contributed by atoms with Crippen LogP contribution in [0.15, 0.2) is 18.2 Å². The molecule has 0 atom stereocenters. The highest BCUT2D eigenvalue weighted by Crippen LogP contribution is 2.31. The molecule has 1 aromatic rings. The quantitative estimate of drug-likeness (QED) is 0.780. The summed E-state index contributed by atoms with van der Waals surface area (Å²) in [6.45, 7) is 4.41. The molecule has 0 aromatic heterocycles. The molecule has 0 saturated heterocycles. The molecule has 0 radical (unpaired) electrons. The van der Waals surface area contributed by atoms with Crippen LogP contribution in [0.5, 0.6) is 0 Å². The summed E-state index contributed by atoms with van der Waals surface area (Å²) in [5, 5.41) is 4.34. The van der Waals surface area contributed by atoms with Gasteiger partial charge >= 0.3 is 0 Å². The van der Waals surface area contributed by atoms with E-state index in [1.165, 1.54) is 24.1 Å². The van der Waals surface area contributed by atoms with Gasteiger partial charge in [0.1, 0.15) is 0 Å². The SMILES string of the molecule is Cc1ccc(Cl)cc1NC1CC(C)C1. The third kappa shape index (κ3) is 2.03. The number of aryl methyl sites for hydroxylation is 1. The molecule has 0 spiro atoms. The van der Waals surface area contributed by atoms with Crippen LogP contribution in [0, 0.1) is 12.8 Å². The topological polar surface area (TPSA) is 12.0 Å². The number of benzene rings is 1. The molecule has 1 aliphatic rings. The van der Waals surface area contributed by atoms with E-state index < -0.39 is 0 Å². The summed E-state index contributed by atoms with van der Waals surface area (Å²) < 4.78 is 0. The molecule has 0 bridgehead atoms. The molecule has 1 N–H and O–H groups in total. The Balaban J connectivity index is 2.05. The summed E-state index contributed by atoms with van der Waals surface area (Å²) in [4.78, 5) is 0.